The van der Waals surface area contributed by atoms with Crippen LogP contribution in [0.4, 0.5) is 0 Å². The lowest BCUT2D eigenvalue weighted by Crippen LogP contribution is -2.46. The van der Waals surface area contributed by atoms with Gasteiger partial charge in [-0.1, -0.05) is 74.5 Å². The summed E-state index contributed by atoms with van der Waals surface area (Å²) in [5.74, 6) is -1.99. The highest BCUT2D eigenvalue weighted by atomic mass is 16.5. The van der Waals surface area contributed by atoms with Crippen LogP contribution in [0.1, 0.15) is 31.1 Å². The maximum atomic E-state index is 12.6. The van der Waals surface area contributed by atoms with E-state index in [4.69, 9.17) is 10.5 Å². The highest BCUT2D eigenvalue weighted by Gasteiger charge is 2.30. The molecule has 0 saturated heterocycles. The molecular formula is C21H24N2O4. The van der Waals surface area contributed by atoms with E-state index < -0.39 is 24.0 Å². The fraction of sp³-hybridized carbons (Fsp3) is 0.286. The summed E-state index contributed by atoms with van der Waals surface area (Å²) in [6.45, 7) is 3.58. The van der Waals surface area contributed by atoms with Crippen LogP contribution >= 0.6 is 0 Å². The SMILES string of the molecule is CC(C)[C@H](NC(=O)Cc1ccccc1)C(=O)OC(C(N)=O)c1ccccc1. The van der Waals surface area contributed by atoms with Gasteiger partial charge in [-0.15, -0.1) is 0 Å². The van der Waals surface area contributed by atoms with Crippen LogP contribution in [0.25, 0.3) is 0 Å². The lowest BCUT2D eigenvalue weighted by atomic mass is 10.0. The number of carbonyl (C=O) groups excluding carboxylic acids is 3. The van der Waals surface area contributed by atoms with E-state index in [1.54, 1.807) is 44.2 Å². The summed E-state index contributed by atoms with van der Waals surface area (Å²) >= 11 is 0. The number of carbonyl (C=O) groups is 3. The molecule has 2 rings (SSSR count). The summed E-state index contributed by atoms with van der Waals surface area (Å²) in [5, 5.41) is 2.69. The molecule has 0 fully saturated rings. The Kier molecular flexibility index (Phi) is 7.11. The van der Waals surface area contributed by atoms with Crippen LogP contribution in [0.15, 0.2) is 60.7 Å². The van der Waals surface area contributed by atoms with E-state index in [2.05, 4.69) is 5.32 Å². The predicted molar refractivity (Wildman–Crippen MR) is 101 cm³/mol. The number of nitrogens with one attached hydrogen (secondary N) is 1. The standard InChI is InChI=1S/C21H24N2O4/c1-14(2)18(23-17(24)13-15-9-5-3-6-10-15)21(26)27-19(20(22)25)16-11-7-4-8-12-16/h3-12,14,18-19H,13H2,1-2H3,(H2,22,25)(H,23,24)/t18-,19?/m0/s1. The lowest BCUT2D eigenvalue weighted by molar-refractivity contribution is -0.159. The minimum atomic E-state index is -1.20. The van der Waals surface area contributed by atoms with Gasteiger partial charge in [-0.25, -0.2) is 4.79 Å². The zero-order chi connectivity index (χ0) is 19.8. The average molecular weight is 368 g/mol. The van der Waals surface area contributed by atoms with Crippen molar-refractivity contribution in [2.75, 3.05) is 0 Å². The number of hydrogen-bond donors (Lipinski definition) is 2. The van der Waals surface area contributed by atoms with Gasteiger partial charge in [0.2, 0.25) is 12.0 Å². The summed E-state index contributed by atoms with van der Waals surface area (Å²) in [7, 11) is 0. The van der Waals surface area contributed by atoms with E-state index >= 15 is 0 Å². The zero-order valence-electron chi connectivity index (χ0n) is 15.4. The molecule has 2 amide bonds. The van der Waals surface area contributed by atoms with Gasteiger partial charge in [0.15, 0.2) is 0 Å². The smallest absolute Gasteiger partial charge is 0.330 e. The molecule has 0 aliphatic heterocycles. The quantitative estimate of drug-likeness (QED) is 0.698. The molecule has 142 valence electrons. The van der Waals surface area contributed by atoms with Gasteiger partial charge in [0, 0.05) is 5.56 Å². The van der Waals surface area contributed by atoms with Crippen molar-refractivity contribution >= 4 is 17.8 Å². The third-order valence-electron chi connectivity index (χ3n) is 4.04. The molecule has 0 aliphatic carbocycles. The maximum absolute atomic E-state index is 12.6. The molecule has 27 heavy (non-hydrogen) atoms. The monoisotopic (exact) mass is 368 g/mol. The molecule has 2 aromatic rings. The van der Waals surface area contributed by atoms with Gasteiger partial charge in [-0.3, -0.25) is 9.59 Å². The molecule has 6 nitrogen and oxygen atoms in total. The Balaban J connectivity index is 2.07. The molecule has 6 heteroatoms. The van der Waals surface area contributed by atoms with Crippen LogP contribution in [-0.4, -0.2) is 23.8 Å². The van der Waals surface area contributed by atoms with E-state index in [-0.39, 0.29) is 18.2 Å². The minimum Gasteiger partial charge on any atom is -0.446 e. The topological polar surface area (TPSA) is 98.5 Å². The van der Waals surface area contributed by atoms with Crippen molar-refractivity contribution in [2.24, 2.45) is 11.7 Å². The van der Waals surface area contributed by atoms with Crippen LogP contribution in [0.5, 0.6) is 0 Å². The van der Waals surface area contributed by atoms with Gasteiger partial charge < -0.3 is 15.8 Å². The number of rotatable bonds is 8. The third kappa shape index (κ3) is 5.95. The van der Waals surface area contributed by atoms with Gasteiger partial charge in [-0.05, 0) is 11.5 Å². The molecule has 0 saturated carbocycles. The summed E-state index contributed by atoms with van der Waals surface area (Å²) in [6.07, 6.45) is -1.05. The Hall–Kier alpha value is -3.15. The average Bonchev–Trinajstić information content (AvgIpc) is 2.65. The van der Waals surface area contributed by atoms with Crippen LogP contribution in [-0.2, 0) is 25.5 Å². The fourth-order valence-corrected chi connectivity index (χ4v) is 2.61. The molecule has 0 spiro atoms. The first-order valence-electron chi connectivity index (χ1n) is 8.76. The molecule has 0 aromatic heterocycles. The summed E-state index contributed by atoms with van der Waals surface area (Å²) in [4.78, 5) is 36.7. The predicted octanol–water partition coefficient (Wildman–Crippen LogP) is 2.14. The van der Waals surface area contributed by atoms with Crippen molar-refractivity contribution in [3.8, 4) is 0 Å². The van der Waals surface area contributed by atoms with Crippen molar-refractivity contribution in [1.29, 1.82) is 0 Å². The summed E-state index contributed by atoms with van der Waals surface area (Å²) in [5.41, 5.74) is 6.71. The normalized spacial score (nSPS) is 12.9. The number of benzene rings is 2. The lowest BCUT2D eigenvalue weighted by Gasteiger charge is -2.23. The second kappa shape index (κ2) is 9.52. The molecule has 0 aliphatic rings. The van der Waals surface area contributed by atoms with Crippen molar-refractivity contribution in [3.05, 3.63) is 71.8 Å². The Morgan fingerprint density at radius 1 is 0.963 bits per heavy atom. The summed E-state index contributed by atoms with van der Waals surface area (Å²) in [6, 6.07) is 16.9. The maximum Gasteiger partial charge on any atom is 0.330 e. The van der Waals surface area contributed by atoms with E-state index in [1.165, 1.54) is 0 Å². The Bertz CT molecular complexity index is 775. The van der Waals surface area contributed by atoms with Crippen molar-refractivity contribution < 1.29 is 19.1 Å². The number of hydrogen-bond acceptors (Lipinski definition) is 4. The second-order valence-electron chi connectivity index (χ2n) is 6.58. The van der Waals surface area contributed by atoms with E-state index in [0.717, 1.165) is 5.56 Å². The Labute approximate surface area is 158 Å². The highest BCUT2D eigenvalue weighted by molar-refractivity contribution is 5.88. The molecule has 1 unspecified atom stereocenters. The Morgan fingerprint density at radius 2 is 1.52 bits per heavy atom. The van der Waals surface area contributed by atoms with Gasteiger partial charge in [0.1, 0.15) is 6.04 Å². The second-order valence-corrected chi connectivity index (χ2v) is 6.58. The highest BCUT2D eigenvalue weighted by Crippen LogP contribution is 2.19. The van der Waals surface area contributed by atoms with E-state index in [9.17, 15) is 14.4 Å². The van der Waals surface area contributed by atoms with Crippen LogP contribution in [0.3, 0.4) is 0 Å². The van der Waals surface area contributed by atoms with Crippen LogP contribution in [0.2, 0.25) is 0 Å². The first-order chi connectivity index (χ1) is 12.9. The number of esters is 1. The van der Waals surface area contributed by atoms with Gasteiger partial charge in [-0.2, -0.15) is 0 Å². The van der Waals surface area contributed by atoms with E-state index in [1.807, 2.05) is 30.3 Å². The zero-order valence-corrected chi connectivity index (χ0v) is 15.4. The van der Waals surface area contributed by atoms with Gasteiger partial charge in [0.05, 0.1) is 6.42 Å². The number of amides is 2. The third-order valence-corrected chi connectivity index (χ3v) is 4.04. The number of primary amides is 1. The molecule has 0 radical (unpaired) electrons. The van der Waals surface area contributed by atoms with Crippen molar-refractivity contribution in [1.82, 2.24) is 5.32 Å². The number of nitrogens with two attached hydrogens (primary N) is 1. The molecule has 0 bridgehead atoms. The van der Waals surface area contributed by atoms with Crippen molar-refractivity contribution in [2.45, 2.75) is 32.4 Å². The summed E-state index contributed by atoms with van der Waals surface area (Å²) < 4.78 is 5.34. The van der Waals surface area contributed by atoms with Crippen LogP contribution < -0.4 is 11.1 Å². The minimum absolute atomic E-state index is 0.148. The first kappa shape index (κ1) is 20.2. The Morgan fingerprint density at radius 3 is 2.04 bits per heavy atom. The first-order valence-corrected chi connectivity index (χ1v) is 8.76. The van der Waals surface area contributed by atoms with Gasteiger partial charge in [0.25, 0.3) is 5.91 Å². The molecular weight excluding hydrogens is 344 g/mol. The largest absolute Gasteiger partial charge is 0.446 e. The van der Waals surface area contributed by atoms with E-state index in [0.29, 0.717) is 5.56 Å². The van der Waals surface area contributed by atoms with Crippen molar-refractivity contribution in [3.63, 3.8) is 0 Å². The number of ether oxygens (including phenoxy) is 1. The fourth-order valence-electron chi connectivity index (χ4n) is 2.61. The molecule has 2 atom stereocenters. The molecule has 2 aromatic carbocycles. The van der Waals surface area contributed by atoms with Gasteiger partial charge >= 0.3 is 5.97 Å². The van der Waals surface area contributed by atoms with Crippen LogP contribution in [0, 0.1) is 5.92 Å². The molecule has 3 N–H and O–H groups in total. The molecule has 0 heterocycles.